The molecule has 4 heteroatoms. The van der Waals surface area contributed by atoms with Crippen LogP contribution in [0.4, 0.5) is 0 Å². The summed E-state index contributed by atoms with van der Waals surface area (Å²) in [7, 11) is -0.885. The smallest absolute Gasteiger partial charge is 0.0785 e. The Hall–Kier alpha value is -0.470. The van der Waals surface area contributed by atoms with Crippen LogP contribution < -0.4 is 0 Å². The van der Waals surface area contributed by atoms with E-state index in [0.717, 1.165) is 57.8 Å². The summed E-state index contributed by atoms with van der Waals surface area (Å²) < 4.78 is 0. The number of unbranched alkanes of at least 4 members (excludes halogenated alkanes) is 3. The first-order valence-electron chi connectivity index (χ1n) is 11.1. The maximum absolute atomic E-state index is 10.9. The van der Waals surface area contributed by atoms with Crippen LogP contribution in [0.3, 0.4) is 0 Å². The van der Waals surface area contributed by atoms with Gasteiger partial charge in [-0.2, -0.15) is 0 Å². The fourth-order valence-electron chi connectivity index (χ4n) is 3.94. The standard InChI is InChI=1S/C24H45O3P/c1-7-13-16-22(19(25)10-4)28(23(17-14-8-2)20(26)11-5)24(18-15-9-3)21(27)12-6/h10-12,19-27H,4-9,13-18H2,1-3H3. The van der Waals surface area contributed by atoms with E-state index >= 15 is 0 Å². The van der Waals surface area contributed by atoms with Crippen LogP contribution in [0.5, 0.6) is 0 Å². The van der Waals surface area contributed by atoms with E-state index in [4.69, 9.17) is 0 Å². The molecule has 0 aromatic heterocycles. The van der Waals surface area contributed by atoms with Crippen molar-refractivity contribution >= 4 is 7.92 Å². The zero-order chi connectivity index (χ0) is 21.5. The highest BCUT2D eigenvalue weighted by Gasteiger charge is 2.41. The Bertz CT molecular complexity index is 364. The molecule has 6 atom stereocenters. The molecule has 6 unspecified atom stereocenters. The van der Waals surface area contributed by atoms with Crippen LogP contribution in [0.25, 0.3) is 0 Å². The highest BCUT2D eigenvalue weighted by Crippen LogP contribution is 2.58. The lowest BCUT2D eigenvalue weighted by molar-refractivity contribution is 0.190. The lowest BCUT2D eigenvalue weighted by Crippen LogP contribution is -2.39. The molecule has 0 fully saturated rings. The van der Waals surface area contributed by atoms with E-state index in [1.54, 1.807) is 18.2 Å². The van der Waals surface area contributed by atoms with Gasteiger partial charge in [0.1, 0.15) is 0 Å². The van der Waals surface area contributed by atoms with Crippen LogP contribution >= 0.6 is 7.92 Å². The lowest BCUT2D eigenvalue weighted by atomic mass is 10.1. The van der Waals surface area contributed by atoms with E-state index in [0.29, 0.717) is 0 Å². The zero-order valence-electron chi connectivity index (χ0n) is 18.5. The molecule has 0 saturated carbocycles. The largest absolute Gasteiger partial charge is 0.388 e. The summed E-state index contributed by atoms with van der Waals surface area (Å²) in [5.74, 6) is 0. The minimum absolute atomic E-state index is 0.0142. The predicted octanol–water partition coefficient (Wildman–Crippen LogP) is 5.79. The van der Waals surface area contributed by atoms with Gasteiger partial charge in [0.05, 0.1) is 18.3 Å². The summed E-state index contributed by atoms with van der Waals surface area (Å²) in [6.45, 7) is 18.0. The van der Waals surface area contributed by atoms with E-state index in [1.165, 1.54) is 0 Å². The minimum atomic E-state index is -0.885. The third-order valence-corrected chi connectivity index (χ3v) is 9.61. The molecular formula is C24H45O3P. The third-order valence-electron chi connectivity index (χ3n) is 5.62. The quantitative estimate of drug-likeness (QED) is 0.197. The van der Waals surface area contributed by atoms with Crippen molar-refractivity contribution in [2.24, 2.45) is 0 Å². The molecular weight excluding hydrogens is 367 g/mol. The van der Waals surface area contributed by atoms with Gasteiger partial charge in [-0.1, -0.05) is 85.4 Å². The molecule has 0 aromatic carbocycles. The Morgan fingerprint density at radius 3 is 1.04 bits per heavy atom. The van der Waals surface area contributed by atoms with Gasteiger partial charge in [-0.3, -0.25) is 0 Å². The summed E-state index contributed by atoms with van der Waals surface area (Å²) in [6, 6.07) is 0. The second kappa shape index (κ2) is 16.3. The van der Waals surface area contributed by atoms with Gasteiger partial charge in [-0.15, -0.1) is 19.7 Å². The Balaban J connectivity index is 6.23. The van der Waals surface area contributed by atoms with Crippen molar-refractivity contribution in [1.29, 1.82) is 0 Å². The van der Waals surface area contributed by atoms with Crippen LogP contribution in [-0.4, -0.2) is 50.6 Å². The summed E-state index contributed by atoms with van der Waals surface area (Å²) in [5, 5.41) is 32.6. The lowest BCUT2D eigenvalue weighted by Gasteiger charge is -2.44. The van der Waals surface area contributed by atoms with Crippen LogP contribution in [0.15, 0.2) is 38.0 Å². The first kappa shape index (κ1) is 27.5. The van der Waals surface area contributed by atoms with Crippen molar-refractivity contribution in [3.05, 3.63) is 38.0 Å². The van der Waals surface area contributed by atoms with Crippen LogP contribution in [0.2, 0.25) is 0 Å². The number of rotatable bonds is 18. The molecule has 0 spiro atoms. The van der Waals surface area contributed by atoms with Gasteiger partial charge in [0.15, 0.2) is 0 Å². The molecule has 0 aromatic rings. The first-order valence-corrected chi connectivity index (χ1v) is 12.7. The molecule has 0 radical (unpaired) electrons. The first-order chi connectivity index (χ1) is 13.4. The van der Waals surface area contributed by atoms with Gasteiger partial charge in [-0.25, -0.2) is 0 Å². The van der Waals surface area contributed by atoms with Gasteiger partial charge < -0.3 is 15.3 Å². The molecule has 28 heavy (non-hydrogen) atoms. The van der Waals surface area contributed by atoms with E-state index < -0.39 is 26.2 Å². The molecule has 3 nitrogen and oxygen atoms in total. The molecule has 164 valence electrons. The van der Waals surface area contributed by atoms with Crippen molar-refractivity contribution in [2.45, 2.75) is 114 Å². The van der Waals surface area contributed by atoms with E-state index in [2.05, 4.69) is 40.5 Å². The fourth-order valence-corrected chi connectivity index (χ4v) is 8.28. The van der Waals surface area contributed by atoms with Gasteiger partial charge in [0.25, 0.3) is 0 Å². The second-order valence-electron chi connectivity index (χ2n) is 7.75. The molecule has 0 aliphatic rings. The summed E-state index contributed by atoms with van der Waals surface area (Å²) >= 11 is 0. The van der Waals surface area contributed by atoms with Crippen molar-refractivity contribution < 1.29 is 15.3 Å². The third kappa shape index (κ3) is 8.91. The molecule has 0 amide bonds. The molecule has 0 heterocycles. The topological polar surface area (TPSA) is 60.7 Å². The number of hydrogen-bond donors (Lipinski definition) is 3. The van der Waals surface area contributed by atoms with Crippen molar-refractivity contribution in [2.75, 3.05) is 0 Å². The minimum Gasteiger partial charge on any atom is -0.388 e. The van der Waals surface area contributed by atoms with Crippen molar-refractivity contribution in [3.8, 4) is 0 Å². The van der Waals surface area contributed by atoms with Crippen LogP contribution in [-0.2, 0) is 0 Å². The monoisotopic (exact) mass is 412 g/mol. The second-order valence-corrected chi connectivity index (χ2v) is 10.6. The van der Waals surface area contributed by atoms with Gasteiger partial charge >= 0.3 is 0 Å². The fraction of sp³-hybridized carbons (Fsp3) is 0.750. The summed E-state index contributed by atoms with van der Waals surface area (Å²) in [4.78, 5) is 0. The highest BCUT2D eigenvalue weighted by atomic mass is 31.1. The maximum Gasteiger partial charge on any atom is 0.0785 e. The number of aliphatic hydroxyl groups is 3. The van der Waals surface area contributed by atoms with E-state index in [1.807, 2.05) is 0 Å². The van der Waals surface area contributed by atoms with Crippen molar-refractivity contribution in [1.82, 2.24) is 0 Å². The van der Waals surface area contributed by atoms with Gasteiger partial charge in [-0.05, 0) is 19.3 Å². The average molecular weight is 413 g/mol. The molecule has 3 N–H and O–H groups in total. The Kier molecular flexibility index (Phi) is 16.1. The molecule has 0 rings (SSSR count). The van der Waals surface area contributed by atoms with Crippen molar-refractivity contribution in [3.63, 3.8) is 0 Å². The van der Waals surface area contributed by atoms with Gasteiger partial charge in [0, 0.05) is 17.0 Å². The molecule has 0 bridgehead atoms. The predicted molar refractivity (Wildman–Crippen MR) is 125 cm³/mol. The van der Waals surface area contributed by atoms with E-state index in [9.17, 15) is 15.3 Å². The van der Waals surface area contributed by atoms with Crippen LogP contribution in [0, 0.1) is 0 Å². The molecule has 0 aliphatic heterocycles. The SMILES string of the molecule is C=CC(O)C(CCCC)P(C(CCCC)C(O)C=C)C(CCCC)C(O)C=C. The van der Waals surface area contributed by atoms with Crippen LogP contribution in [0.1, 0.15) is 78.6 Å². The van der Waals surface area contributed by atoms with Gasteiger partial charge in [0.2, 0.25) is 0 Å². The maximum atomic E-state index is 10.9. The molecule has 0 aliphatic carbocycles. The number of aliphatic hydroxyl groups excluding tert-OH is 3. The highest BCUT2D eigenvalue weighted by molar-refractivity contribution is 7.60. The number of hydrogen-bond acceptors (Lipinski definition) is 3. The molecule has 0 saturated heterocycles. The Labute approximate surface area is 175 Å². The van der Waals surface area contributed by atoms with E-state index in [-0.39, 0.29) is 17.0 Å². The Morgan fingerprint density at radius 2 is 0.857 bits per heavy atom. The summed E-state index contributed by atoms with van der Waals surface area (Å²) in [6.07, 6.45) is 11.9. The summed E-state index contributed by atoms with van der Waals surface area (Å²) in [5.41, 5.74) is 0.0427. The normalized spacial score (nSPS) is 19.1. The average Bonchev–Trinajstić information content (AvgIpc) is 2.72. The Morgan fingerprint density at radius 1 is 0.607 bits per heavy atom. The zero-order valence-corrected chi connectivity index (χ0v) is 19.4.